The van der Waals surface area contributed by atoms with Crippen molar-refractivity contribution in [3.05, 3.63) is 83.4 Å². The van der Waals surface area contributed by atoms with E-state index in [-0.39, 0.29) is 32.6 Å². The second-order valence-electron chi connectivity index (χ2n) is 14.3. The van der Waals surface area contributed by atoms with Gasteiger partial charge in [-0.2, -0.15) is 0 Å². The monoisotopic (exact) mass is 820 g/mol. The van der Waals surface area contributed by atoms with Gasteiger partial charge in [-0.15, -0.1) is 0 Å². The Morgan fingerprint density at radius 2 is 1.37 bits per heavy atom. The summed E-state index contributed by atoms with van der Waals surface area (Å²) in [5, 5.41) is 9.76. The lowest BCUT2D eigenvalue weighted by Gasteiger charge is -2.19. The number of carbonyl (C=O) groups is 2. The molecule has 12 heteroatoms. The van der Waals surface area contributed by atoms with Crippen LogP contribution in [0.5, 0.6) is 0 Å². The smallest absolute Gasteiger partial charge is 0.466 e. The molecule has 0 saturated heterocycles. The predicted octanol–water partition coefficient (Wildman–Crippen LogP) is 10.3. The summed E-state index contributed by atoms with van der Waals surface area (Å²) in [4.78, 5) is 35.0. The Morgan fingerprint density at radius 3 is 2.05 bits per heavy atom. The van der Waals surface area contributed by atoms with Gasteiger partial charge in [-0.05, 0) is 82.8 Å². The Morgan fingerprint density at radius 1 is 0.754 bits per heavy atom. The van der Waals surface area contributed by atoms with Crippen molar-refractivity contribution in [2.24, 2.45) is 5.73 Å². The largest absolute Gasteiger partial charge is 0.472 e. The first-order valence-corrected chi connectivity index (χ1v) is 22.7. The van der Waals surface area contributed by atoms with Gasteiger partial charge in [0.2, 0.25) is 0 Å². The summed E-state index contributed by atoms with van der Waals surface area (Å²) < 4.78 is 38.9. The number of allylic oxidation sites excluding steroid dienone is 8. The number of nitrogens with two attached hydrogens (primary N) is 1. The van der Waals surface area contributed by atoms with Gasteiger partial charge in [0.1, 0.15) is 18.1 Å². The van der Waals surface area contributed by atoms with Crippen molar-refractivity contribution in [2.45, 2.75) is 162 Å². The molecule has 0 spiro atoms. The van der Waals surface area contributed by atoms with Crippen molar-refractivity contribution < 1.29 is 47.1 Å². The van der Waals surface area contributed by atoms with Crippen LogP contribution in [-0.2, 0) is 45.5 Å². The number of hydrogen-bond donors (Lipinski definition) is 3. The number of aryl methyl sites for hydroxylation is 2. The minimum atomic E-state index is -4.42. The zero-order chi connectivity index (χ0) is 42.0. The van der Waals surface area contributed by atoms with Crippen LogP contribution in [-0.4, -0.2) is 60.5 Å². The molecule has 0 aliphatic rings. The maximum atomic E-state index is 12.6. The minimum absolute atomic E-state index is 0.0268. The Hall–Kier alpha value is -3.05. The van der Waals surface area contributed by atoms with Crippen molar-refractivity contribution >= 4 is 19.8 Å². The van der Waals surface area contributed by atoms with Crippen LogP contribution in [0.4, 0.5) is 0 Å². The number of aliphatic hydroxyl groups excluding tert-OH is 1. The van der Waals surface area contributed by atoms with E-state index < -0.39 is 38.6 Å². The van der Waals surface area contributed by atoms with E-state index in [0.717, 1.165) is 75.7 Å². The Bertz CT molecular complexity index is 1410. The third-order valence-corrected chi connectivity index (χ3v) is 10.2. The van der Waals surface area contributed by atoms with Gasteiger partial charge in [0.05, 0.1) is 19.3 Å². The quantitative estimate of drug-likeness (QED) is 0.0196. The summed E-state index contributed by atoms with van der Waals surface area (Å²) in [6, 6.07) is 0. The van der Waals surface area contributed by atoms with Crippen LogP contribution < -0.4 is 5.73 Å². The fraction of sp³-hybridized carbons (Fsp3) is 0.644. The number of phosphoric acid groups is 1. The maximum Gasteiger partial charge on any atom is 0.472 e. The standard InChI is InChI=1S/C45H74NO10P/c1-5-7-23-30-42-38(3)39(4)43(56-42)31-25-20-17-18-21-26-32-44(48)52-36-41(37-54-57(50,51)53-35-34-46)55-45(49)33-27-22-16-14-12-10-9-11-13-15-19-24-29-40(47)28-8-6-2/h8-10,13-16,19,24,28,40-41,47H,5-7,11-12,17-18,20-23,25-27,29-37,46H2,1-4H3,(H,50,51)/b10-9-,15-13-,16-14-,24-19+,28-8-/t40?,41-/m1/s1. The van der Waals surface area contributed by atoms with E-state index in [1.54, 1.807) is 0 Å². The Labute approximate surface area is 343 Å². The molecule has 4 N–H and O–H groups in total. The molecule has 0 saturated carbocycles. The average molecular weight is 820 g/mol. The van der Waals surface area contributed by atoms with Gasteiger partial charge in [0.25, 0.3) is 0 Å². The number of carbonyl (C=O) groups excluding carboxylic acids is 2. The van der Waals surface area contributed by atoms with E-state index in [4.69, 9.17) is 28.7 Å². The molecule has 3 atom stereocenters. The first-order chi connectivity index (χ1) is 27.5. The highest BCUT2D eigenvalue weighted by Gasteiger charge is 2.26. The zero-order valence-electron chi connectivity index (χ0n) is 35.4. The van der Waals surface area contributed by atoms with E-state index in [9.17, 15) is 24.2 Å². The number of rotatable bonds is 35. The van der Waals surface area contributed by atoms with Gasteiger partial charge in [0, 0.05) is 32.2 Å². The molecule has 1 aromatic rings. The first kappa shape index (κ1) is 52.0. The zero-order valence-corrected chi connectivity index (χ0v) is 36.3. The van der Waals surface area contributed by atoms with E-state index >= 15 is 0 Å². The topological polar surface area (TPSA) is 168 Å². The summed E-state index contributed by atoms with van der Waals surface area (Å²) in [5.41, 5.74) is 7.93. The summed E-state index contributed by atoms with van der Waals surface area (Å²) in [5.74, 6) is 1.30. The highest BCUT2D eigenvalue weighted by Crippen LogP contribution is 2.43. The van der Waals surface area contributed by atoms with Crippen LogP contribution in [0.2, 0.25) is 0 Å². The molecule has 324 valence electrons. The lowest BCUT2D eigenvalue weighted by molar-refractivity contribution is -0.161. The molecule has 0 fully saturated rings. The number of furan rings is 1. The van der Waals surface area contributed by atoms with Gasteiger partial charge >= 0.3 is 19.8 Å². The third-order valence-electron chi connectivity index (χ3n) is 9.20. The molecule has 2 unspecified atom stereocenters. The lowest BCUT2D eigenvalue weighted by Crippen LogP contribution is -2.29. The number of unbranched alkanes of at least 4 members (excludes halogenated alkanes) is 8. The van der Waals surface area contributed by atoms with Gasteiger partial charge in [-0.25, -0.2) is 4.57 Å². The molecule has 0 radical (unpaired) electrons. The van der Waals surface area contributed by atoms with Gasteiger partial charge in [-0.3, -0.25) is 18.6 Å². The Kier molecular flexibility index (Phi) is 30.9. The fourth-order valence-electron chi connectivity index (χ4n) is 5.75. The third kappa shape index (κ3) is 28.1. The number of ether oxygens (including phenoxy) is 2. The molecule has 1 rings (SSSR count). The Balaban J connectivity index is 2.35. The number of hydrogen-bond acceptors (Lipinski definition) is 10. The van der Waals surface area contributed by atoms with Crippen molar-refractivity contribution in [3.8, 4) is 0 Å². The van der Waals surface area contributed by atoms with Crippen LogP contribution in [0.25, 0.3) is 0 Å². The maximum absolute atomic E-state index is 12.6. The summed E-state index contributed by atoms with van der Waals surface area (Å²) in [7, 11) is -4.42. The van der Waals surface area contributed by atoms with Crippen molar-refractivity contribution in [1.29, 1.82) is 0 Å². The summed E-state index contributed by atoms with van der Waals surface area (Å²) >= 11 is 0. The van der Waals surface area contributed by atoms with Crippen molar-refractivity contribution in [3.63, 3.8) is 0 Å². The number of aliphatic hydroxyl groups is 1. The van der Waals surface area contributed by atoms with Crippen LogP contribution in [0.3, 0.4) is 0 Å². The molecular weight excluding hydrogens is 745 g/mol. The van der Waals surface area contributed by atoms with Crippen molar-refractivity contribution in [1.82, 2.24) is 0 Å². The van der Waals surface area contributed by atoms with E-state index in [0.29, 0.717) is 25.7 Å². The number of esters is 2. The molecule has 0 aliphatic carbocycles. The fourth-order valence-corrected chi connectivity index (χ4v) is 6.52. The molecule has 0 aliphatic heterocycles. The SMILES string of the molecule is CC/C=C\C(O)C/C=C/C=C\C/C=C\C/C=C\CCCC(=O)O[C@H](COC(=O)CCCCCCCCc1oc(CCCCC)c(C)c1C)COP(=O)(O)OCCN. The van der Waals surface area contributed by atoms with Gasteiger partial charge in [-0.1, -0.05) is 113 Å². The van der Waals surface area contributed by atoms with Gasteiger partial charge < -0.3 is 29.6 Å². The van der Waals surface area contributed by atoms with E-state index in [2.05, 4.69) is 32.9 Å². The average Bonchev–Trinajstić information content (AvgIpc) is 3.46. The molecule has 57 heavy (non-hydrogen) atoms. The first-order valence-electron chi connectivity index (χ1n) is 21.2. The molecule has 0 aromatic carbocycles. The molecule has 0 bridgehead atoms. The second kappa shape index (κ2) is 33.9. The minimum Gasteiger partial charge on any atom is -0.466 e. The number of phosphoric ester groups is 1. The van der Waals surface area contributed by atoms with Crippen LogP contribution >= 0.6 is 7.82 Å². The van der Waals surface area contributed by atoms with Crippen LogP contribution in [0.15, 0.2) is 65.2 Å². The molecular formula is C45H74NO10P. The predicted molar refractivity (Wildman–Crippen MR) is 229 cm³/mol. The van der Waals surface area contributed by atoms with Gasteiger partial charge in [0.15, 0.2) is 6.10 Å². The highest BCUT2D eigenvalue weighted by molar-refractivity contribution is 7.47. The lowest BCUT2D eigenvalue weighted by atomic mass is 10.0. The van der Waals surface area contributed by atoms with Crippen LogP contribution in [0.1, 0.15) is 146 Å². The molecule has 11 nitrogen and oxygen atoms in total. The highest BCUT2D eigenvalue weighted by atomic mass is 31.2. The summed E-state index contributed by atoms with van der Waals surface area (Å²) in [6.07, 6.45) is 34.4. The molecule has 1 aromatic heterocycles. The molecule has 1 heterocycles. The normalized spacial score (nSPS) is 14.4. The molecule has 0 amide bonds. The van der Waals surface area contributed by atoms with Crippen LogP contribution in [0, 0.1) is 13.8 Å². The second-order valence-corrected chi connectivity index (χ2v) is 15.7. The van der Waals surface area contributed by atoms with E-state index in [1.165, 1.54) is 30.4 Å². The van der Waals surface area contributed by atoms with Crippen molar-refractivity contribution in [2.75, 3.05) is 26.4 Å². The summed E-state index contributed by atoms with van der Waals surface area (Å²) in [6.45, 7) is 7.63. The van der Waals surface area contributed by atoms with E-state index in [1.807, 2.05) is 55.5 Å².